The number of hydrogen-bond acceptors (Lipinski definition) is 2. The Kier molecular flexibility index (Phi) is 4.76. The Hall–Kier alpha value is -1.13. The summed E-state index contributed by atoms with van der Waals surface area (Å²) in [5.41, 5.74) is 4.09. The van der Waals surface area contributed by atoms with Crippen molar-refractivity contribution in [2.75, 3.05) is 25.0 Å². The number of benzene rings is 1. The lowest BCUT2D eigenvalue weighted by Crippen LogP contribution is -2.42. The molecule has 1 saturated heterocycles. The Morgan fingerprint density at radius 1 is 1.19 bits per heavy atom. The molecule has 1 heterocycles. The van der Waals surface area contributed by atoms with E-state index in [1.165, 1.54) is 56.3 Å². The van der Waals surface area contributed by atoms with Crippen LogP contribution in [-0.2, 0) is 12.8 Å². The molecule has 3 rings (SSSR count). The minimum absolute atomic E-state index is 0.548. The van der Waals surface area contributed by atoms with Crippen LogP contribution in [0.1, 0.15) is 37.3 Å². The van der Waals surface area contributed by atoms with Crippen LogP contribution in [0.2, 0.25) is 0 Å². The Bertz CT molecular complexity index is 509. The van der Waals surface area contributed by atoms with Gasteiger partial charge in [0.25, 0.3) is 0 Å². The molecule has 3 nitrogen and oxygen atoms in total. The van der Waals surface area contributed by atoms with Gasteiger partial charge in [0.15, 0.2) is 5.11 Å². The number of hydrogen-bond donors (Lipinski definition) is 2. The maximum atomic E-state index is 5.42. The first kappa shape index (κ1) is 14.8. The maximum absolute atomic E-state index is 5.42. The topological polar surface area (TPSA) is 27.3 Å². The van der Waals surface area contributed by atoms with Gasteiger partial charge in [0.2, 0.25) is 0 Å². The number of nitrogens with zero attached hydrogens (tertiary/aromatic N) is 1. The molecule has 1 aromatic carbocycles. The molecular weight excluding hydrogens is 278 g/mol. The predicted molar refractivity (Wildman–Crippen MR) is 93.0 cm³/mol. The fraction of sp³-hybridized carbons (Fsp3) is 0.588. The zero-order valence-electron chi connectivity index (χ0n) is 12.8. The first-order chi connectivity index (χ1) is 10.2. The van der Waals surface area contributed by atoms with Crippen LogP contribution in [0.25, 0.3) is 0 Å². The number of thiocarbonyl (C=S) groups is 1. The summed E-state index contributed by atoms with van der Waals surface area (Å²) in [6, 6.07) is 7.18. The van der Waals surface area contributed by atoms with Crippen molar-refractivity contribution in [1.29, 1.82) is 0 Å². The molecule has 0 bridgehead atoms. The number of aryl methyl sites for hydroxylation is 2. The second-order valence-electron chi connectivity index (χ2n) is 6.26. The summed E-state index contributed by atoms with van der Waals surface area (Å²) in [4.78, 5) is 2.53. The van der Waals surface area contributed by atoms with Crippen molar-refractivity contribution in [2.45, 2.75) is 45.1 Å². The fourth-order valence-corrected chi connectivity index (χ4v) is 3.58. The first-order valence-electron chi connectivity index (χ1n) is 8.13. The van der Waals surface area contributed by atoms with Crippen LogP contribution in [-0.4, -0.2) is 35.7 Å². The van der Waals surface area contributed by atoms with Crippen molar-refractivity contribution in [2.24, 2.45) is 0 Å². The van der Waals surface area contributed by atoms with Gasteiger partial charge < -0.3 is 10.6 Å². The lowest BCUT2D eigenvalue weighted by molar-refractivity contribution is 0.259. The van der Waals surface area contributed by atoms with E-state index in [9.17, 15) is 0 Å². The van der Waals surface area contributed by atoms with Crippen LogP contribution in [0.4, 0.5) is 5.69 Å². The Balaban J connectivity index is 1.47. The van der Waals surface area contributed by atoms with Crippen molar-refractivity contribution >= 4 is 23.0 Å². The Morgan fingerprint density at radius 2 is 1.95 bits per heavy atom. The molecule has 0 radical (unpaired) electrons. The highest BCUT2D eigenvalue weighted by Gasteiger charge is 2.18. The van der Waals surface area contributed by atoms with E-state index in [2.05, 4.69) is 40.7 Å². The highest BCUT2D eigenvalue weighted by atomic mass is 32.1. The molecule has 4 heteroatoms. The summed E-state index contributed by atoms with van der Waals surface area (Å²) in [5.74, 6) is 0. The average Bonchev–Trinajstić information content (AvgIpc) is 3.15. The van der Waals surface area contributed by atoms with E-state index in [1.807, 2.05) is 0 Å². The molecule has 1 aromatic rings. The third-order valence-corrected chi connectivity index (χ3v) is 4.92. The number of likely N-dealkylation sites (tertiary alicyclic amines) is 1. The monoisotopic (exact) mass is 303 g/mol. The van der Waals surface area contributed by atoms with Crippen LogP contribution in [0.3, 0.4) is 0 Å². The molecule has 2 N–H and O–H groups in total. The summed E-state index contributed by atoms with van der Waals surface area (Å²) in [5, 5.41) is 7.41. The van der Waals surface area contributed by atoms with Crippen molar-refractivity contribution in [3.8, 4) is 0 Å². The largest absolute Gasteiger partial charge is 0.361 e. The molecule has 2 aliphatic rings. The molecule has 21 heavy (non-hydrogen) atoms. The zero-order valence-corrected chi connectivity index (χ0v) is 13.6. The summed E-state index contributed by atoms with van der Waals surface area (Å²) in [6.07, 6.45) is 6.39. The van der Waals surface area contributed by atoms with Crippen LogP contribution in [0.15, 0.2) is 18.2 Å². The molecule has 1 unspecified atom stereocenters. The quantitative estimate of drug-likeness (QED) is 0.836. The number of rotatable bonds is 4. The van der Waals surface area contributed by atoms with Gasteiger partial charge in [-0.25, -0.2) is 0 Å². The molecule has 0 amide bonds. The van der Waals surface area contributed by atoms with Gasteiger partial charge in [0.1, 0.15) is 0 Å². The van der Waals surface area contributed by atoms with E-state index in [4.69, 9.17) is 12.2 Å². The molecule has 0 aromatic heterocycles. The minimum Gasteiger partial charge on any atom is -0.361 e. The molecule has 1 aliphatic carbocycles. The van der Waals surface area contributed by atoms with Crippen LogP contribution in [0, 0.1) is 0 Å². The summed E-state index contributed by atoms with van der Waals surface area (Å²) in [7, 11) is 0. The van der Waals surface area contributed by atoms with Crippen LogP contribution >= 0.6 is 12.2 Å². The summed E-state index contributed by atoms with van der Waals surface area (Å²) >= 11 is 5.42. The molecule has 1 aliphatic heterocycles. The van der Waals surface area contributed by atoms with Gasteiger partial charge in [0, 0.05) is 18.3 Å². The predicted octanol–water partition coefficient (Wildman–Crippen LogP) is 2.95. The number of anilines is 1. The van der Waals surface area contributed by atoms with Crippen molar-refractivity contribution in [3.63, 3.8) is 0 Å². The van der Waals surface area contributed by atoms with Gasteiger partial charge in [-0.15, -0.1) is 0 Å². The second kappa shape index (κ2) is 6.75. The smallest absolute Gasteiger partial charge is 0.170 e. The summed E-state index contributed by atoms with van der Waals surface area (Å²) in [6.45, 7) is 5.65. The van der Waals surface area contributed by atoms with E-state index >= 15 is 0 Å². The molecule has 0 saturated carbocycles. The maximum Gasteiger partial charge on any atom is 0.170 e. The van der Waals surface area contributed by atoms with Crippen molar-refractivity contribution in [1.82, 2.24) is 10.2 Å². The highest BCUT2D eigenvalue weighted by molar-refractivity contribution is 7.80. The zero-order chi connectivity index (χ0) is 14.7. The standard InChI is InChI=1S/C17H25N3S/c1-13(20-9-2-3-10-20)12-18-17(21)19-16-8-7-14-5-4-6-15(14)11-16/h7-8,11,13H,2-6,9-10,12H2,1H3,(H2,18,19,21). The van der Waals surface area contributed by atoms with E-state index in [0.29, 0.717) is 6.04 Å². The van der Waals surface area contributed by atoms with E-state index in [-0.39, 0.29) is 0 Å². The van der Waals surface area contributed by atoms with Crippen LogP contribution < -0.4 is 10.6 Å². The Morgan fingerprint density at radius 3 is 2.76 bits per heavy atom. The third-order valence-electron chi connectivity index (χ3n) is 4.68. The average molecular weight is 303 g/mol. The van der Waals surface area contributed by atoms with E-state index in [0.717, 1.165) is 17.3 Å². The van der Waals surface area contributed by atoms with Crippen molar-refractivity contribution < 1.29 is 0 Å². The van der Waals surface area contributed by atoms with Gasteiger partial charge in [-0.1, -0.05) is 6.07 Å². The Labute approximate surface area is 133 Å². The normalized spacial score (nSPS) is 19.3. The molecular formula is C17H25N3S. The molecule has 0 spiro atoms. The summed E-state index contributed by atoms with van der Waals surface area (Å²) < 4.78 is 0. The van der Waals surface area contributed by atoms with Crippen LogP contribution in [0.5, 0.6) is 0 Å². The molecule has 1 atom stereocenters. The van der Waals surface area contributed by atoms with Gasteiger partial charge in [-0.05, 0) is 87.6 Å². The SMILES string of the molecule is CC(CNC(=S)Nc1ccc2c(c1)CCC2)N1CCCC1. The van der Waals surface area contributed by atoms with Gasteiger partial charge >= 0.3 is 0 Å². The minimum atomic E-state index is 0.548. The van der Waals surface area contributed by atoms with Gasteiger partial charge in [-0.3, -0.25) is 4.90 Å². The highest BCUT2D eigenvalue weighted by Crippen LogP contribution is 2.24. The van der Waals surface area contributed by atoms with Gasteiger partial charge in [0.05, 0.1) is 0 Å². The first-order valence-corrected chi connectivity index (χ1v) is 8.54. The third kappa shape index (κ3) is 3.74. The lowest BCUT2D eigenvalue weighted by atomic mass is 10.1. The van der Waals surface area contributed by atoms with E-state index in [1.54, 1.807) is 0 Å². The van der Waals surface area contributed by atoms with Crippen molar-refractivity contribution in [3.05, 3.63) is 29.3 Å². The lowest BCUT2D eigenvalue weighted by Gasteiger charge is -2.24. The molecule has 1 fully saturated rings. The second-order valence-corrected chi connectivity index (χ2v) is 6.67. The van der Waals surface area contributed by atoms with E-state index < -0.39 is 0 Å². The van der Waals surface area contributed by atoms with Gasteiger partial charge in [-0.2, -0.15) is 0 Å². The fourth-order valence-electron chi connectivity index (χ4n) is 3.38. The number of nitrogens with one attached hydrogen (secondary N) is 2. The number of fused-ring (bicyclic) bond motifs is 1. The molecule has 114 valence electrons.